The van der Waals surface area contributed by atoms with E-state index in [-0.39, 0.29) is 0 Å². The van der Waals surface area contributed by atoms with E-state index in [1.807, 2.05) is 0 Å². The van der Waals surface area contributed by atoms with Gasteiger partial charge in [0.25, 0.3) is 16.4 Å². The first kappa shape index (κ1) is 13.2. The Morgan fingerprint density at radius 3 is 2.41 bits per heavy atom. The first-order valence-electron chi connectivity index (χ1n) is 3.84. The molecule has 0 aliphatic carbocycles. The molecule has 1 aromatic rings. The fourth-order valence-corrected chi connectivity index (χ4v) is 1.46. The predicted octanol–water partition coefficient (Wildman–Crippen LogP) is 0.280. The molecule has 0 spiro atoms. The molecule has 0 saturated heterocycles. The van der Waals surface area contributed by atoms with Gasteiger partial charge in [-0.1, -0.05) is 0 Å². The van der Waals surface area contributed by atoms with Gasteiger partial charge in [0.1, 0.15) is 0 Å². The second-order valence-corrected chi connectivity index (χ2v) is 4.32. The number of hydrogen-bond acceptors (Lipinski definition) is 6. The Morgan fingerprint density at radius 2 is 2.06 bits per heavy atom. The van der Waals surface area contributed by atoms with Gasteiger partial charge >= 0.3 is 5.69 Å². The summed E-state index contributed by atoms with van der Waals surface area (Å²) in [7, 11) is -4.49. The number of nitro groups is 1. The van der Waals surface area contributed by atoms with Crippen molar-refractivity contribution in [2.45, 2.75) is 11.5 Å². The molecule has 11 heteroatoms. The number of aromatic hydroxyl groups is 1. The van der Waals surface area contributed by atoms with Crippen molar-refractivity contribution >= 4 is 15.7 Å². The van der Waals surface area contributed by atoms with Crippen molar-refractivity contribution in [3.63, 3.8) is 0 Å². The summed E-state index contributed by atoms with van der Waals surface area (Å²) in [4.78, 5) is 12.1. The summed E-state index contributed by atoms with van der Waals surface area (Å²) in [6.07, 6.45) is -3.38. The lowest BCUT2D eigenvalue weighted by Crippen LogP contribution is -2.15. The van der Waals surface area contributed by atoms with Crippen LogP contribution in [0.5, 0.6) is 5.75 Å². The van der Waals surface area contributed by atoms with Crippen LogP contribution in [0.3, 0.4) is 0 Å². The first-order valence-corrected chi connectivity index (χ1v) is 5.38. The van der Waals surface area contributed by atoms with Crippen molar-refractivity contribution in [3.8, 4) is 5.75 Å². The molecule has 0 aliphatic heterocycles. The maximum atomic E-state index is 12.4. The van der Waals surface area contributed by atoms with Gasteiger partial charge < -0.3 is 5.11 Å². The van der Waals surface area contributed by atoms with Crippen molar-refractivity contribution in [1.29, 1.82) is 0 Å². The van der Waals surface area contributed by atoms with Crippen LogP contribution >= 0.6 is 0 Å². The van der Waals surface area contributed by atoms with E-state index >= 15 is 0 Å². The smallest absolute Gasteiger partial charge is 0.315 e. The Morgan fingerprint density at radius 1 is 1.53 bits per heavy atom. The van der Waals surface area contributed by atoms with Gasteiger partial charge in [-0.05, 0) is 0 Å². The molecule has 1 heterocycles. The topological polar surface area (TPSA) is 136 Å². The number of pyridine rings is 1. The standard InChI is InChI=1S/C6H5F2N3O5S/c7-6(8)4-5(12)2(11(13)14)1-3(10-4)17(9,15)16/h1,6,12H,(H2,9,15,16). The lowest BCUT2D eigenvalue weighted by Gasteiger charge is -2.05. The van der Waals surface area contributed by atoms with Gasteiger partial charge in [-0.2, -0.15) is 0 Å². The Bertz CT molecular complexity index is 573. The third kappa shape index (κ3) is 2.62. The summed E-state index contributed by atoms with van der Waals surface area (Å²) < 4.78 is 46.4. The molecule has 0 bridgehead atoms. The summed E-state index contributed by atoms with van der Waals surface area (Å²) in [5.74, 6) is -1.39. The van der Waals surface area contributed by atoms with E-state index in [9.17, 15) is 27.3 Å². The molecule has 0 saturated carbocycles. The first-order chi connectivity index (χ1) is 7.64. The van der Waals surface area contributed by atoms with Gasteiger partial charge in [0.15, 0.2) is 10.7 Å². The van der Waals surface area contributed by atoms with Gasteiger partial charge in [0.05, 0.1) is 11.0 Å². The van der Waals surface area contributed by atoms with Crippen LogP contribution < -0.4 is 5.14 Å². The predicted molar refractivity (Wildman–Crippen MR) is 48.9 cm³/mol. The molecule has 0 atom stereocenters. The highest BCUT2D eigenvalue weighted by atomic mass is 32.2. The Labute approximate surface area is 92.9 Å². The largest absolute Gasteiger partial charge is 0.501 e. The van der Waals surface area contributed by atoms with Crippen molar-refractivity contribution < 1.29 is 27.2 Å². The Kier molecular flexibility index (Phi) is 3.24. The van der Waals surface area contributed by atoms with Crippen LogP contribution in [0.2, 0.25) is 0 Å². The van der Waals surface area contributed by atoms with Crippen LogP contribution in [0.15, 0.2) is 11.1 Å². The van der Waals surface area contributed by atoms with Crippen LogP contribution in [0.25, 0.3) is 0 Å². The maximum absolute atomic E-state index is 12.4. The number of hydrogen-bond donors (Lipinski definition) is 2. The summed E-state index contributed by atoms with van der Waals surface area (Å²) in [6.45, 7) is 0. The minimum Gasteiger partial charge on any atom is -0.501 e. The molecule has 3 N–H and O–H groups in total. The van der Waals surface area contributed by atoms with Crippen LogP contribution in [0, 0.1) is 10.1 Å². The number of sulfonamides is 1. The van der Waals surface area contributed by atoms with Gasteiger partial charge in [-0.25, -0.2) is 27.3 Å². The molecule has 0 unspecified atom stereocenters. The van der Waals surface area contributed by atoms with E-state index in [4.69, 9.17) is 5.11 Å². The third-order valence-electron chi connectivity index (χ3n) is 1.67. The number of nitrogens with zero attached hydrogens (tertiary/aromatic N) is 2. The molecule has 0 aromatic carbocycles. The van der Waals surface area contributed by atoms with Crippen LogP contribution in [-0.4, -0.2) is 23.4 Å². The molecule has 8 nitrogen and oxygen atoms in total. The zero-order chi connectivity index (χ0) is 13.4. The number of alkyl halides is 2. The second kappa shape index (κ2) is 4.18. The van der Waals surface area contributed by atoms with Gasteiger partial charge in [-0.3, -0.25) is 10.1 Å². The third-order valence-corrected chi connectivity index (χ3v) is 2.46. The lowest BCUT2D eigenvalue weighted by atomic mass is 10.3. The van der Waals surface area contributed by atoms with E-state index in [2.05, 4.69) is 10.1 Å². The highest BCUT2D eigenvalue weighted by Gasteiger charge is 2.28. The van der Waals surface area contributed by atoms with Crippen molar-refractivity contribution in [1.82, 2.24) is 4.98 Å². The number of rotatable bonds is 3. The van der Waals surface area contributed by atoms with E-state index < -0.39 is 43.5 Å². The molecule has 0 aliphatic rings. The molecule has 17 heavy (non-hydrogen) atoms. The molecule has 0 radical (unpaired) electrons. The SMILES string of the molecule is NS(=O)(=O)c1cc([N+](=O)[O-])c(O)c(C(F)F)n1. The van der Waals surface area contributed by atoms with Crippen LogP contribution in [-0.2, 0) is 10.0 Å². The normalized spacial score (nSPS) is 11.8. The highest BCUT2D eigenvalue weighted by molar-refractivity contribution is 7.89. The molecular formula is C6H5F2N3O5S. The Balaban J connectivity index is 3.65. The molecule has 94 valence electrons. The number of primary sulfonamides is 1. The average molecular weight is 269 g/mol. The number of halogens is 2. The van der Waals surface area contributed by atoms with Crippen molar-refractivity contribution in [2.24, 2.45) is 5.14 Å². The molecule has 1 aromatic heterocycles. The average Bonchev–Trinajstić information content (AvgIpc) is 2.14. The van der Waals surface area contributed by atoms with Crippen LogP contribution in [0.1, 0.15) is 12.1 Å². The molecular weight excluding hydrogens is 264 g/mol. The monoisotopic (exact) mass is 269 g/mol. The fourth-order valence-electron chi connectivity index (χ4n) is 0.958. The summed E-state index contributed by atoms with van der Waals surface area (Å²) >= 11 is 0. The van der Waals surface area contributed by atoms with Gasteiger partial charge in [0.2, 0.25) is 5.75 Å². The van der Waals surface area contributed by atoms with Crippen LogP contribution in [0.4, 0.5) is 14.5 Å². The number of aromatic nitrogens is 1. The summed E-state index contributed by atoms with van der Waals surface area (Å²) in [6, 6.07) is 0.302. The van der Waals surface area contributed by atoms with E-state index in [0.717, 1.165) is 0 Å². The quantitative estimate of drug-likeness (QED) is 0.597. The summed E-state index contributed by atoms with van der Waals surface area (Å²) in [5, 5.41) is 23.0. The van der Waals surface area contributed by atoms with Crippen molar-refractivity contribution in [3.05, 3.63) is 21.9 Å². The van der Waals surface area contributed by atoms with Gasteiger partial charge in [-0.15, -0.1) is 0 Å². The zero-order valence-electron chi connectivity index (χ0n) is 7.87. The molecule has 0 fully saturated rings. The summed E-state index contributed by atoms with van der Waals surface area (Å²) in [5.41, 5.74) is -2.62. The number of nitrogens with two attached hydrogens (primary N) is 1. The Hall–Kier alpha value is -1.88. The maximum Gasteiger partial charge on any atom is 0.315 e. The molecule has 0 amide bonds. The second-order valence-electron chi connectivity index (χ2n) is 2.82. The lowest BCUT2D eigenvalue weighted by molar-refractivity contribution is -0.386. The van der Waals surface area contributed by atoms with E-state index in [1.165, 1.54) is 0 Å². The van der Waals surface area contributed by atoms with E-state index in [0.29, 0.717) is 6.07 Å². The van der Waals surface area contributed by atoms with Crippen molar-refractivity contribution in [2.75, 3.05) is 0 Å². The minimum atomic E-state index is -4.49. The zero-order valence-corrected chi connectivity index (χ0v) is 8.69. The molecule has 1 rings (SSSR count). The van der Waals surface area contributed by atoms with E-state index in [1.54, 1.807) is 0 Å². The highest BCUT2D eigenvalue weighted by Crippen LogP contribution is 2.35. The minimum absolute atomic E-state index is 0.302. The van der Waals surface area contributed by atoms with Gasteiger partial charge in [0, 0.05) is 0 Å². The fraction of sp³-hybridized carbons (Fsp3) is 0.167.